The van der Waals surface area contributed by atoms with Gasteiger partial charge in [0.25, 0.3) is 5.09 Å². The Morgan fingerprint density at radius 2 is 1.69 bits per heavy atom. The number of rotatable bonds is 20. The number of nitrogens with zero attached hydrogens (tertiary/aromatic N) is 1. The molecule has 1 aromatic rings. The molecular weight excluding hydrogens is 502 g/mol. The van der Waals surface area contributed by atoms with E-state index < -0.39 is 17.3 Å². The molecule has 218 valence electrons. The van der Waals surface area contributed by atoms with Crippen LogP contribution in [0.15, 0.2) is 36.4 Å². The van der Waals surface area contributed by atoms with Gasteiger partial charge in [-0.1, -0.05) is 69.0 Å². The third-order valence-electron chi connectivity index (χ3n) is 7.39. The number of hydrogen-bond donors (Lipinski definition) is 2. The van der Waals surface area contributed by atoms with E-state index in [2.05, 4.69) is 11.8 Å². The summed E-state index contributed by atoms with van der Waals surface area (Å²) in [4.78, 5) is 39.0. The molecule has 1 fully saturated rings. The SMILES string of the molecule is CCCCCCCC(=O)CC[C@@H]1[C@@H](CC=CCCCC(=O)OCc2cccc(CO[N+](=O)[O-])c2)[C@@H](O)C[C@H]1O. The second kappa shape index (κ2) is 18.5. The molecule has 0 saturated heterocycles. The van der Waals surface area contributed by atoms with Gasteiger partial charge in [0.1, 0.15) is 19.0 Å². The Labute approximate surface area is 231 Å². The van der Waals surface area contributed by atoms with Crippen molar-refractivity contribution in [1.29, 1.82) is 0 Å². The molecule has 0 aliphatic heterocycles. The fourth-order valence-corrected chi connectivity index (χ4v) is 5.19. The lowest BCUT2D eigenvalue weighted by molar-refractivity contribution is -0.763. The quantitative estimate of drug-likeness (QED) is 0.0705. The van der Waals surface area contributed by atoms with Crippen LogP contribution in [-0.4, -0.2) is 39.3 Å². The Kier molecular flexibility index (Phi) is 15.4. The van der Waals surface area contributed by atoms with Gasteiger partial charge in [0, 0.05) is 19.3 Å². The number of Topliss-reactive ketones (excluding diaryl/α,β-unsaturated/α-hetero) is 1. The lowest BCUT2D eigenvalue weighted by Crippen LogP contribution is -2.22. The molecule has 1 aliphatic carbocycles. The maximum Gasteiger partial charge on any atom is 0.306 e. The first-order valence-corrected chi connectivity index (χ1v) is 14.3. The predicted octanol–water partition coefficient (Wildman–Crippen LogP) is 5.62. The second-order valence-electron chi connectivity index (χ2n) is 10.5. The van der Waals surface area contributed by atoms with Crippen molar-refractivity contribution < 1.29 is 34.5 Å². The van der Waals surface area contributed by atoms with Crippen LogP contribution in [0.3, 0.4) is 0 Å². The van der Waals surface area contributed by atoms with Crippen LogP contribution in [0.25, 0.3) is 0 Å². The lowest BCUT2D eigenvalue weighted by Gasteiger charge is -2.22. The van der Waals surface area contributed by atoms with Crippen LogP contribution < -0.4 is 0 Å². The van der Waals surface area contributed by atoms with Crippen LogP contribution in [0.1, 0.15) is 102 Å². The first kappa shape index (κ1) is 32.4. The Morgan fingerprint density at radius 3 is 2.44 bits per heavy atom. The summed E-state index contributed by atoms with van der Waals surface area (Å²) in [6.07, 6.45) is 12.7. The molecule has 0 unspecified atom stereocenters. The first-order chi connectivity index (χ1) is 18.8. The van der Waals surface area contributed by atoms with Crippen LogP contribution in [0.2, 0.25) is 0 Å². The number of ketones is 1. The summed E-state index contributed by atoms with van der Waals surface area (Å²) in [6.45, 7) is 2.10. The van der Waals surface area contributed by atoms with Gasteiger partial charge in [-0.05, 0) is 61.5 Å². The van der Waals surface area contributed by atoms with Crippen molar-refractivity contribution in [3.63, 3.8) is 0 Å². The number of carbonyl (C=O) groups excluding carboxylic acids is 2. The Bertz CT molecular complexity index is 918. The molecule has 9 heteroatoms. The van der Waals surface area contributed by atoms with Gasteiger partial charge in [-0.15, -0.1) is 10.1 Å². The number of carbonyl (C=O) groups is 2. The largest absolute Gasteiger partial charge is 0.461 e. The number of ether oxygens (including phenoxy) is 1. The zero-order valence-electron chi connectivity index (χ0n) is 23.2. The zero-order valence-corrected chi connectivity index (χ0v) is 23.2. The van der Waals surface area contributed by atoms with Crippen LogP contribution in [-0.2, 0) is 32.4 Å². The topological polar surface area (TPSA) is 136 Å². The van der Waals surface area contributed by atoms with E-state index in [0.29, 0.717) is 50.5 Å². The molecule has 0 spiro atoms. The molecule has 0 radical (unpaired) electrons. The Balaban J connectivity index is 1.64. The Morgan fingerprint density at radius 1 is 0.974 bits per heavy atom. The van der Waals surface area contributed by atoms with E-state index in [0.717, 1.165) is 18.4 Å². The minimum Gasteiger partial charge on any atom is -0.461 e. The van der Waals surface area contributed by atoms with Crippen molar-refractivity contribution >= 4 is 11.8 Å². The zero-order chi connectivity index (χ0) is 28.5. The van der Waals surface area contributed by atoms with Crippen molar-refractivity contribution in [1.82, 2.24) is 0 Å². The molecular formula is C30H45NO8. The van der Waals surface area contributed by atoms with E-state index in [1.165, 1.54) is 19.3 Å². The molecule has 1 aromatic carbocycles. The summed E-state index contributed by atoms with van der Waals surface area (Å²) in [5.74, 6) is -0.212. The molecule has 2 N–H and O–H groups in total. The summed E-state index contributed by atoms with van der Waals surface area (Å²) in [5, 5.41) is 30.4. The fraction of sp³-hybridized carbons (Fsp3) is 0.667. The van der Waals surface area contributed by atoms with E-state index in [1.807, 2.05) is 12.2 Å². The smallest absolute Gasteiger partial charge is 0.306 e. The highest BCUT2D eigenvalue weighted by atomic mass is 16.9. The summed E-state index contributed by atoms with van der Waals surface area (Å²) >= 11 is 0. The van der Waals surface area contributed by atoms with Gasteiger partial charge in [0.15, 0.2) is 0 Å². The van der Waals surface area contributed by atoms with Crippen molar-refractivity contribution in [2.75, 3.05) is 0 Å². The van der Waals surface area contributed by atoms with E-state index >= 15 is 0 Å². The molecule has 1 saturated carbocycles. The van der Waals surface area contributed by atoms with Crippen LogP contribution in [0.5, 0.6) is 0 Å². The van der Waals surface area contributed by atoms with Crippen molar-refractivity contribution in [2.45, 2.75) is 116 Å². The van der Waals surface area contributed by atoms with Crippen molar-refractivity contribution in [3.8, 4) is 0 Å². The van der Waals surface area contributed by atoms with Crippen LogP contribution in [0, 0.1) is 22.0 Å². The number of esters is 1. The lowest BCUT2D eigenvalue weighted by atomic mass is 9.86. The molecule has 0 amide bonds. The highest BCUT2D eigenvalue weighted by molar-refractivity contribution is 5.78. The van der Waals surface area contributed by atoms with Gasteiger partial charge in [0.2, 0.25) is 0 Å². The molecule has 1 aliphatic rings. The molecule has 0 aromatic heterocycles. The molecule has 4 atom stereocenters. The molecule has 39 heavy (non-hydrogen) atoms. The van der Waals surface area contributed by atoms with E-state index in [1.54, 1.807) is 24.3 Å². The monoisotopic (exact) mass is 547 g/mol. The standard InChI is InChI=1S/C30H45NO8/c1-2-3-4-5-8-14-25(32)17-18-27-26(28(33)20-29(27)34)15-9-6-7-10-16-30(35)38-21-23-12-11-13-24(19-23)22-39-31(36)37/h6,9,11-13,19,26-29,33-34H,2-5,7-8,10,14-18,20-22H2,1H3/t26-,27-,28+,29-/m1/s1. The molecule has 0 bridgehead atoms. The average molecular weight is 548 g/mol. The number of unbranched alkanes of at least 4 members (excludes halogenated alkanes) is 5. The van der Waals surface area contributed by atoms with E-state index in [9.17, 15) is 29.9 Å². The van der Waals surface area contributed by atoms with Gasteiger partial charge in [-0.25, -0.2) is 0 Å². The first-order valence-electron chi connectivity index (χ1n) is 14.3. The van der Waals surface area contributed by atoms with Crippen molar-refractivity contribution in [3.05, 3.63) is 57.7 Å². The maximum atomic E-state index is 12.3. The second-order valence-corrected chi connectivity index (χ2v) is 10.5. The van der Waals surface area contributed by atoms with Crippen LogP contribution in [0.4, 0.5) is 0 Å². The van der Waals surface area contributed by atoms with Gasteiger partial charge in [-0.3, -0.25) is 9.59 Å². The highest BCUT2D eigenvalue weighted by Gasteiger charge is 2.40. The summed E-state index contributed by atoms with van der Waals surface area (Å²) < 4.78 is 5.30. The number of aliphatic hydroxyl groups is 2. The molecule has 2 rings (SSSR count). The van der Waals surface area contributed by atoms with E-state index in [4.69, 9.17) is 4.74 Å². The van der Waals surface area contributed by atoms with Gasteiger partial charge in [0.05, 0.1) is 12.2 Å². The fourth-order valence-electron chi connectivity index (χ4n) is 5.19. The predicted molar refractivity (Wildman–Crippen MR) is 147 cm³/mol. The third kappa shape index (κ3) is 13.2. The minimum absolute atomic E-state index is 0.0647. The van der Waals surface area contributed by atoms with Gasteiger partial charge in [-0.2, -0.15) is 0 Å². The molecule has 9 nitrogen and oxygen atoms in total. The van der Waals surface area contributed by atoms with Gasteiger partial charge < -0.3 is 19.8 Å². The number of hydrogen-bond acceptors (Lipinski definition) is 8. The summed E-state index contributed by atoms with van der Waals surface area (Å²) in [6, 6.07) is 6.90. The molecule has 0 heterocycles. The van der Waals surface area contributed by atoms with Crippen LogP contribution >= 0.6 is 0 Å². The third-order valence-corrected chi connectivity index (χ3v) is 7.39. The van der Waals surface area contributed by atoms with E-state index in [-0.39, 0.29) is 43.2 Å². The van der Waals surface area contributed by atoms with Crippen molar-refractivity contribution in [2.24, 2.45) is 11.8 Å². The summed E-state index contributed by atoms with van der Waals surface area (Å²) in [5.41, 5.74) is 1.35. The summed E-state index contributed by atoms with van der Waals surface area (Å²) in [7, 11) is 0. The highest BCUT2D eigenvalue weighted by Crippen LogP contribution is 2.38. The Hall–Kier alpha value is -2.78. The number of aliphatic hydroxyl groups excluding tert-OH is 2. The maximum absolute atomic E-state index is 12.3. The number of allylic oxidation sites excluding steroid dienone is 2. The minimum atomic E-state index is -0.848. The van der Waals surface area contributed by atoms with Gasteiger partial charge >= 0.3 is 5.97 Å². The average Bonchev–Trinajstić information content (AvgIpc) is 3.18. The number of benzene rings is 1. The normalized spacial score (nSPS) is 20.8.